The van der Waals surface area contributed by atoms with Gasteiger partial charge in [-0.1, -0.05) is 60.7 Å². The highest BCUT2D eigenvalue weighted by Gasteiger charge is 2.12. The van der Waals surface area contributed by atoms with Gasteiger partial charge in [0.2, 0.25) is 5.89 Å². The van der Waals surface area contributed by atoms with E-state index in [1.54, 1.807) is 25.1 Å². The first-order chi connectivity index (χ1) is 15.9. The molecule has 0 saturated carbocycles. The van der Waals surface area contributed by atoms with Gasteiger partial charge < -0.3 is 15.3 Å². The van der Waals surface area contributed by atoms with Crippen molar-refractivity contribution in [2.45, 2.75) is 13.8 Å². The molecular weight excluding hydrogens is 416 g/mol. The molecule has 164 valence electrons. The third kappa shape index (κ3) is 4.32. The fourth-order valence-corrected chi connectivity index (χ4v) is 3.63. The van der Waals surface area contributed by atoms with E-state index < -0.39 is 5.97 Å². The Kier molecular flexibility index (Phi) is 5.91. The monoisotopic (exact) mass is 438 g/mol. The number of fused-ring (bicyclic) bond motifs is 2. The van der Waals surface area contributed by atoms with E-state index in [4.69, 9.17) is 15.3 Å². The summed E-state index contributed by atoms with van der Waals surface area (Å²) < 4.78 is 5.47. The van der Waals surface area contributed by atoms with Crippen molar-refractivity contribution in [2.75, 3.05) is 5.73 Å². The molecule has 0 aliphatic carbocycles. The lowest BCUT2D eigenvalue weighted by Gasteiger charge is -2.06. The maximum atomic E-state index is 12.3. The topological polar surface area (TPSA) is 106 Å². The fourth-order valence-electron chi connectivity index (χ4n) is 3.63. The summed E-state index contributed by atoms with van der Waals surface area (Å²) >= 11 is 0. The van der Waals surface area contributed by atoms with Gasteiger partial charge in [-0.3, -0.25) is 0 Å². The minimum atomic E-state index is -0.980. The van der Waals surface area contributed by atoms with Crippen LogP contribution in [-0.4, -0.2) is 16.1 Å². The summed E-state index contributed by atoms with van der Waals surface area (Å²) in [5.74, 6) is -0.616. The van der Waals surface area contributed by atoms with E-state index in [0.717, 1.165) is 27.5 Å². The molecule has 5 rings (SSSR count). The highest BCUT2D eigenvalue weighted by molar-refractivity contribution is 5.95. The molecule has 0 aliphatic heterocycles. The number of aromatic nitrogens is 1. The molecule has 6 nitrogen and oxygen atoms in total. The Morgan fingerprint density at radius 2 is 1.48 bits per heavy atom. The Morgan fingerprint density at radius 1 is 0.848 bits per heavy atom. The molecule has 4 aromatic carbocycles. The summed E-state index contributed by atoms with van der Waals surface area (Å²) in [5.41, 5.74) is 8.96. The van der Waals surface area contributed by atoms with Gasteiger partial charge in [-0.05, 0) is 53.9 Å². The van der Waals surface area contributed by atoms with Crippen LogP contribution in [0.15, 0.2) is 88.1 Å². The number of nitrogens with two attached hydrogens (primary N) is 1. The summed E-state index contributed by atoms with van der Waals surface area (Å²) in [7, 11) is 0. The summed E-state index contributed by atoms with van der Waals surface area (Å²) in [6.07, 6.45) is 0. The number of hydrogen-bond acceptors (Lipinski definition) is 5. The minimum absolute atomic E-state index is 0.171. The van der Waals surface area contributed by atoms with Crippen LogP contribution >= 0.6 is 0 Å². The second kappa shape index (κ2) is 8.96. The highest BCUT2D eigenvalue weighted by Crippen LogP contribution is 2.28. The van der Waals surface area contributed by atoms with Crippen molar-refractivity contribution in [2.24, 2.45) is 0 Å². The number of aryl methyl sites for hydroxylation is 2. The largest absolute Gasteiger partial charge is 0.478 e. The molecule has 0 spiro atoms. The maximum Gasteiger partial charge on any atom is 0.347 e. The summed E-state index contributed by atoms with van der Waals surface area (Å²) in [6, 6.07) is 24.4. The second-order valence-electron chi connectivity index (χ2n) is 7.65. The van der Waals surface area contributed by atoms with Gasteiger partial charge in [-0.25, -0.2) is 14.6 Å². The Morgan fingerprint density at radius 3 is 2.24 bits per heavy atom. The quantitative estimate of drug-likeness (QED) is 0.348. The number of rotatable bonds is 2. The van der Waals surface area contributed by atoms with Crippen LogP contribution in [0.1, 0.15) is 21.5 Å². The molecule has 5 aromatic rings. The average molecular weight is 438 g/mol. The van der Waals surface area contributed by atoms with Crippen LogP contribution in [0.4, 0.5) is 5.69 Å². The van der Waals surface area contributed by atoms with E-state index in [-0.39, 0.29) is 11.2 Å². The smallest absolute Gasteiger partial charge is 0.347 e. The fraction of sp³-hybridized carbons (Fsp3) is 0.0741. The highest BCUT2D eigenvalue weighted by atomic mass is 16.4. The first-order valence-corrected chi connectivity index (χ1v) is 10.3. The molecule has 1 aromatic heterocycles. The van der Waals surface area contributed by atoms with Crippen molar-refractivity contribution in [1.29, 1.82) is 0 Å². The van der Waals surface area contributed by atoms with E-state index >= 15 is 0 Å². The molecule has 0 unspecified atom stereocenters. The molecule has 0 aliphatic rings. The van der Waals surface area contributed by atoms with Gasteiger partial charge in [0.05, 0.1) is 16.5 Å². The number of carboxylic acids is 1. The first kappa shape index (κ1) is 21.8. The van der Waals surface area contributed by atoms with Crippen molar-refractivity contribution < 1.29 is 14.3 Å². The van der Waals surface area contributed by atoms with Crippen molar-refractivity contribution in [1.82, 2.24) is 4.98 Å². The summed E-state index contributed by atoms with van der Waals surface area (Å²) in [5, 5.41) is 11.2. The van der Waals surface area contributed by atoms with Gasteiger partial charge in [-0.15, -0.1) is 0 Å². The standard InChI is InChI=1S/C19H13NO2.C8H9NO2/c1-12-6-4-11-16-17(12)20-18(22-19(16)21)15-10-5-8-13-7-2-3-9-14(13)15;1-5-3-2-4-6(7(5)9)8(10)11/h2-11H,1H3;2-4H,9H2,1H3,(H,10,11). The lowest BCUT2D eigenvalue weighted by molar-refractivity contribution is 0.0698. The third-order valence-corrected chi connectivity index (χ3v) is 5.43. The van der Waals surface area contributed by atoms with Gasteiger partial charge in [0, 0.05) is 11.3 Å². The maximum absolute atomic E-state index is 12.3. The van der Waals surface area contributed by atoms with Crippen LogP contribution in [0.5, 0.6) is 0 Å². The number of nitrogens with zero attached hydrogens (tertiary/aromatic N) is 1. The zero-order chi connectivity index (χ0) is 23.5. The van der Waals surface area contributed by atoms with Crippen LogP contribution in [0, 0.1) is 13.8 Å². The Hall–Kier alpha value is -4.45. The number of anilines is 1. The molecule has 0 bridgehead atoms. The number of nitrogen functional groups attached to an aromatic ring is 1. The molecule has 0 fully saturated rings. The SMILES string of the molecule is Cc1cccc(C(=O)O)c1N.Cc1cccc2c(=O)oc(-c3cccc4ccccc34)nc12. The zero-order valence-electron chi connectivity index (χ0n) is 18.2. The Labute approximate surface area is 189 Å². The van der Waals surface area contributed by atoms with Crippen LogP contribution in [-0.2, 0) is 0 Å². The van der Waals surface area contributed by atoms with Crippen LogP contribution in [0.2, 0.25) is 0 Å². The lowest BCUT2D eigenvalue weighted by Crippen LogP contribution is -2.04. The van der Waals surface area contributed by atoms with E-state index in [1.165, 1.54) is 6.07 Å². The normalized spacial score (nSPS) is 10.6. The predicted octanol–water partition coefficient (Wildman–Crippen LogP) is 5.59. The molecule has 0 saturated heterocycles. The second-order valence-corrected chi connectivity index (χ2v) is 7.65. The van der Waals surface area contributed by atoms with E-state index in [2.05, 4.69) is 4.98 Å². The Bertz CT molecular complexity index is 1550. The number of hydrogen-bond donors (Lipinski definition) is 2. The van der Waals surface area contributed by atoms with Gasteiger partial charge in [0.1, 0.15) is 0 Å². The summed E-state index contributed by atoms with van der Waals surface area (Å²) in [6.45, 7) is 3.73. The molecule has 6 heteroatoms. The average Bonchev–Trinajstić information content (AvgIpc) is 2.81. The van der Waals surface area contributed by atoms with Crippen molar-refractivity contribution in [3.05, 3.63) is 106 Å². The molecule has 0 atom stereocenters. The molecule has 0 radical (unpaired) electrons. The van der Waals surface area contributed by atoms with Crippen molar-refractivity contribution in [3.63, 3.8) is 0 Å². The van der Waals surface area contributed by atoms with E-state index in [9.17, 15) is 9.59 Å². The Balaban J connectivity index is 0.000000200. The zero-order valence-corrected chi connectivity index (χ0v) is 18.2. The first-order valence-electron chi connectivity index (χ1n) is 10.3. The van der Waals surface area contributed by atoms with Gasteiger partial charge >= 0.3 is 11.6 Å². The van der Waals surface area contributed by atoms with Crippen molar-refractivity contribution >= 4 is 33.3 Å². The number of para-hydroxylation sites is 2. The molecule has 3 N–H and O–H groups in total. The molecule has 33 heavy (non-hydrogen) atoms. The van der Waals surface area contributed by atoms with Gasteiger partial charge in [-0.2, -0.15) is 0 Å². The van der Waals surface area contributed by atoms with Crippen molar-refractivity contribution in [3.8, 4) is 11.5 Å². The molecule has 1 heterocycles. The lowest BCUT2D eigenvalue weighted by atomic mass is 10.0. The van der Waals surface area contributed by atoms with Gasteiger partial charge in [0.15, 0.2) is 0 Å². The van der Waals surface area contributed by atoms with Crippen LogP contribution in [0.25, 0.3) is 33.1 Å². The van der Waals surface area contributed by atoms with E-state index in [1.807, 2.05) is 61.5 Å². The molecule has 0 amide bonds. The van der Waals surface area contributed by atoms with Crippen LogP contribution in [0.3, 0.4) is 0 Å². The number of carbonyl (C=O) groups is 1. The number of benzene rings is 4. The summed E-state index contributed by atoms with van der Waals surface area (Å²) in [4.78, 5) is 27.3. The predicted molar refractivity (Wildman–Crippen MR) is 131 cm³/mol. The number of carboxylic acid groups (broad SMARTS) is 1. The third-order valence-electron chi connectivity index (χ3n) is 5.43. The van der Waals surface area contributed by atoms with Gasteiger partial charge in [0.25, 0.3) is 0 Å². The number of aromatic carboxylic acids is 1. The minimum Gasteiger partial charge on any atom is -0.478 e. The van der Waals surface area contributed by atoms with E-state index in [0.29, 0.717) is 22.5 Å². The van der Waals surface area contributed by atoms with Crippen LogP contribution < -0.4 is 11.4 Å². The molecular formula is C27H22N2O4.